The number of thiocarbonyl (C=S) groups is 1. The molecule has 2 N–H and O–H groups in total. The van der Waals surface area contributed by atoms with Crippen LogP contribution in [-0.4, -0.2) is 28.0 Å². The standard InChI is InChI=1S/C24H15ClN2O4S/c25-18-9-11-19(12-10-18)27-22(29)20(21(28)26-24(27)32)13-14-1-3-15(4-2-14)16-5-7-17(8-6-16)23(30)31/h1-13H,(H,30,31)(H,26,28,32). The molecule has 0 radical (unpaired) electrons. The molecular weight excluding hydrogens is 448 g/mol. The molecule has 0 atom stereocenters. The number of benzene rings is 3. The molecule has 6 nitrogen and oxygen atoms in total. The van der Waals surface area contributed by atoms with E-state index in [1.54, 1.807) is 48.5 Å². The van der Waals surface area contributed by atoms with Crippen LogP contribution in [0.25, 0.3) is 17.2 Å². The summed E-state index contributed by atoms with van der Waals surface area (Å²) in [5, 5.41) is 12.1. The maximum absolute atomic E-state index is 13.0. The fourth-order valence-corrected chi connectivity index (χ4v) is 3.63. The Bertz CT molecular complexity index is 1270. The Morgan fingerprint density at radius 3 is 2.03 bits per heavy atom. The van der Waals surface area contributed by atoms with Crippen LogP contribution in [0.1, 0.15) is 15.9 Å². The molecule has 3 aromatic rings. The topological polar surface area (TPSA) is 86.7 Å². The van der Waals surface area contributed by atoms with E-state index in [1.165, 1.54) is 23.1 Å². The van der Waals surface area contributed by atoms with Gasteiger partial charge in [0.2, 0.25) is 0 Å². The zero-order valence-corrected chi connectivity index (χ0v) is 18.0. The first-order chi connectivity index (χ1) is 15.3. The Morgan fingerprint density at radius 1 is 0.906 bits per heavy atom. The molecule has 1 fully saturated rings. The van der Waals surface area contributed by atoms with E-state index < -0.39 is 17.8 Å². The normalized spacial score (nSPS) is 15.1. The lowest BCUT2D eigenvalue weighted by Crippen LogP contribution is -2.54. The summed E-state index contributed by atoms with van der Waals surface area (Å²) in [5.41, 5.74) is 3.02. The van der Waals surface area contributed by atoms with E-state index in [4.69, 9.17) is 28.9 Å². The summed E-state index contributed by atoms with van der Waals surface area (Å²) >= 11 is 11.1. The van der Waals surface area contributed by atoms with Crippen molar-refractivity contribution < 1.29 is 19.5 Å². The average Bonchev–Trinajstić information content (AvgIpc) is 2.78. The molecule has 4 rings (SSSR count). The quantitative estimate of drug-likeness (QED) is 0.338. The second kappa shape index (κ2) is 8.74. The molecule has 0 aromatic heterocycles. The number of nitrogens with one attached hydrogen (secondary N) is 1. The molecule has 32 heavy (non-hydrogen) atoms. The molecule has 1 aliphatic heterocycles. The van der Waals surface area contributed by atoms with Crippen molar-refractivity contribution in [3.05, 3.63) is 94.5 Å². The van der Waals surface area contributed by atoms with Crippen molar-refractivity contribution in [2.75, 3.05) is 4.90 Å². The van der Waals surface area contributed by atoms with E-state index in [-0.39, 0.29) is 16.2 Å². The lowest BCUT2D eigenvalue weighted by Gasteiger charge is -2.28. The van der Waals surface area contributed by atoms with Gasteiger partial charge in [0.15, 0.2) is 5.11 Å². The molecule has 0 spiro atoms. The summed E-state index contributed by atoms with van der Waals surface area (Å²) in [4.78, 5) is 37.7. The fourth-order valence-electron chi connectivity index (χ4n) is 3.23. The summed E-state index contributed by atoms with van der Waals surface area (Å²) < 4.78 is 0. The van der Waals surface area contributed by atoms with Gasteiger partial charge in [-0.1, -0.05) is 48.0 Å². The van der Waals surface area contributed by atoms with Crippen LogP contribution in [0.3, 0.4) is 0 Å². The summed E-state index contributed by atoms with van der Waals surface area (Å²) in [6.45, 7) is 0. The highest BCUT2D eigenvalue weighted by Gasteiger charge is 2.34. The number of halogens is 1. The van der Waals surface area contributed by atoms with Gasteiger partial charge in [-0.05, 0) is 71.4 Å². The Labute approximate surface area is 193 Å². The molecule has 0 saturated carbocycles. The van der Waals surface area contributed by atoms with Crippen LogP contribution in [-0.2, 0) is 9.59 Å². The third kappa shape index (κ3) is 4.30. The molecule has 1 saturated heterocycles. The van der Waals surface area contributed by atoms with Gasteiger partial charge in [0.25, 0.3) is 11.8 Å². The Hall–Kier alpha value is -3.81. The van der Waals surface area contributed by atoms with E-state index >= 15 is 0 Å². The molecule has 0 unspecified atom stereocenters. The summed E-state index contributed by atoms with van der Waals surface area (Å²) in [6.07, 6.45) is 1.50. The second-order valence-electron chi connectivity index (χ2n) is 6.94. The van der Waals surface area contributed by atoms with E-state index in [0.29, 0.717) is 16.3 Å². The number of carboxylic acid groups (broad SMARTS) is 1. The molecule has 8 heteroatoms. The van der Waals surface area contributed by atoms with Crippen LogP contribution in [0, 0.1) is 0 Å². The smallest absolute Gasteiger partial charge is 0.335 e. The van der Waals surface area contributed by atoms with E-state index in [0.717, 1.165) is 11.1 Å². The Kier molecular flexibility index (Phi) is 5.85. The minimum absolute atomic E-state index is 0.000344. The van der Waals surface area contributed by atoms with Gasteiger partial charge >= 0.3 is 5.97 Å². The van der Waals surface area contributed by atoms with Crippen molar-refractivity contribution in [1.82, 2.24) is 5.32 Å². The molecule has 0 bridgehead atoms. The highest BCUT2D eigenvalue weighted by Crippen LogP contribution is 2.25. The minimum Gasteiger partial charge on any atom is -0.478 e. The molecule has 0 aliphatic carbocycles. The first kappa shape index (κ1) is 21.4. The summed E-state index contributed by atoms with van der Waals surface area (Å²) in [7, 11) is 0. The Balaban J connectivity index is 1.61. The highest BCUT2D eigenvalue weighted by molar-refractivity contribution is 7.80. The van der Waals surface area contributed by atoms with Crippen LogP contribution < -0.4 is 10.2 Å². The van der Waals surface area contributed by atoms with Crippen molar-refractivity contribution in [1.29, 1.82) is 0 Å². The zero-order chi connectivity index (χ0) is 22.8. The number of rotatable bonds is 4. The van der Waals surface area contributed by atoms with Crippen molar-refractivity contribution in [2.45, 2.75) is 0 Å². The van der Waals surface area contributed by atoms with E-state index in [2.05, 4.69) is 5.32 Å². The Morgan fingerprint density at radius 2 is 1.47 bits per heavy atom. The first-order valence-electron chi connectivity index (χ1n) is 9.44. The summed E-state index contributed by atoms with van der Waals surface area (Å²) in [5.74, 6) is -2.09. The number of carbonyl (C=O) groups excluding carboxylic acids is 2. The zero-order valence-electron chi connectivity index (χ0n) is 16.4. The van der Waals surface area contributed by atoms with Crippen molar-refractivity contribution in [3.63, 3.8) is 0 Å². The van der Waals surface area contributed by atoms with Gasteiger partial charge in [0, 0.05) is 5.02 Å². The van der Waals surface area contributed by atoms with Crippen LogP contribution >= 0.6 is 23.8 Å². The number of nitrogens with zero attached hydrogens (tertiary/aromatic N) is 1. The number of amides is 2. The number of hydrogen-bond donors (Lipinski definition) is 2. The molecule has 3 aromatic carbocycles. The lowest BCUT2D eigenvalue weighted by atomic mass is 10.0. The second-order valence-corrected chi connectivity index (χ2v) is 7.76. The number of carbonyl (C=O) groups is 3. The number of carboxylic acids is 1. The van der Waals surface area contributed by atoms with Crippen molar-refractivity contribution in [3.8, 4) is 11.1 Å². The van der Waals surface area contributed by atoms with Gasteiger partial charge in [-0.25, -0.2) is 4.79 Å². The molecule has 2 amide bonds. The predicted octanol–water partition coefficient (Wildman–Crippen LogP) is 4.54. The first-order valence-corrected chi connectivity index (χ1v) is 10.2. The van der Waals surface area contributed by atoms with Crippen LogP contribution in [0.5, 0.6) is 0 Å². The summed E-state index contributed by atoms with van der Waals surface area (Å²) in [6, 6.07) is 20.3. The molecule has 158 valence electrons. The maximum atomic E-state index is 13.0. The molecule has 1 aliphatic rings. The van der Waals surface area contributed by atoms with Crippen LogP contribution in [0.4, 0.5) is 5.69 Å². The number of anilines is 1. The largest absolute Gasteiger partial charge is 0.478 e. The van der Waals surface area contributed by atoms with Gasteiger partial charge in [0.1, 0.15) is 5.57 Å². The fraction of sp³-hybridized carbons (Fsp3) is 0. The monoisotopic (exact) mass is 462 g/mol. The number of hydrogen-bond acceptors (Lipinski definition) is 4. The SMILES string of the molecule is O=C1NC(=S)N(c2ccc(Cl)cc2)C(=O)C1=Cc1ccc(-c2ccc(C(=O)O)cc2)cc1. The van der Waals surface area contributed by atoms with Gasteiger partial charge in [-0.3, -0.25) is 19.8 Å². The van der Waals surface area contributed by atoms with Gasteiger partial charge in [0.05, 0.1) is 11.3 Å². The van der Waals surface area contributed by atoms with E-state index in [1.807, 2.05) is 12.1 Å². The van der Waals surface area contributed by atoms with E-state index in [9.17, 15) is 14.4 Å². The minimum atomic E-state index is -0.985. The van der Waals surface area contributed by atoms with Crippen molar-refractivity contribution >= 4 is 58.5 Å². The van der Waals surface area contributed by atoms with Crippen molar-refractivity contribution in [2.24, 2.45) is 0 Å². The van der Waals surface area contributed by atoms with Gasteiger partial charge < -0.3 is 5.11 Å². The third-order valence-electron chi connectivity index (χ3n) is 4.87. The maximum Gasteiger partial charge on any atom is 0.335 e. The molecular formula is C24H15ClN2O4S. The highest BCUT2D eigenvalue weighted by atomic mass is 35.5. The predicted molar refractivity (Wildman–Crippen MR) is 126 cm³/mol. The van der Waals surface area contributed by atoms with Gasteiger partial charge in [-0.2, -0.15) is 0 Å². The molecule has 1 heterocycles. The van der Waals surface area contributed by atoms with Crippen LogP contribution in [0.15, 0.2) is 78.4 Å². The lowest BCUT2D eigenvalue weighted by molar-refractivity contribution is -0.122. The number of aromatic carboxylic acids is 1. The average molecular weight is 463 g/mol. The third-order valence-corrected chi connectivity index (χ3v) is 5.41. The van der Waals surface area contributed by atoms with Crippen LogP contribution in [0.2, 0.25) is 5.02 Å². The van der Waals surface area contributed by atoms with Gasteiger partial charge in [-0.15, -0.1) is 0 Å².